The molecule has 2 nitrogen and oxygen atoms in total. The molecule has 0 bridgehead atoms. The average molecular weight is 329 g/mol. The van der Waals surface area contributed by atoms with Gasteiger partial charge in [0.25, 0.3) is 0 Å². The predicted octanol–water partition coefficient (Wildman–Crippen LogP) is 3.55. The van der Waals surface area contributed by atoms with Gasteiger partial charge in [-0.3, -0.25) is 4.90 Å². The maximum Gasteiger partial charge on any atom is 0.127 e. The minimum atomic E-state index is -0.110. The van der Waals surface area contributed by atoms with E-state index in [1.807, 2.05) is 6.07 Å². The van der Waals surface area contributed by atoms with Gasteiger partial charge in [0.05, 0.1) is 0 Å². The molecule has 0 radical (unpaired) electrons. The van der Waals surface area contributed by atoms with Gasteiger partial charge in [-0.1, -0.05) is 29.3 Å². The maximum absolute atomic E-state index is 13.8. The molecule has 1 N–H and O–H groups in total. The Labute approximate surface area is 123 Å². The first-order chi connectivity index (χ1) is 9.10. The fraction of sp³-hybridized carbons (Fsp3) is 0.600. The molecular formula is C15H22BrFN2. The van der Waals surface area contributed by atoms with Crippen molar-refractivity contribution < 1.29 is 4.39 Å². The van der Waals surface area contributed by atoms with E-state index in [4.69, 9.17) is 0 Å². The van der Waals surface area contributed by atoms with E-state index in [1.165, 1.54) is 18.9 Å². The van der Waals surface area contributed by atoms with Crippen molar-refractivity contribution in [3.8, 4) is 0 Å². The SMILES string of the molecule is CCCC1CN(Cc2cc(Br)ccc2F)C(C)CN1. The monoisotopic (exact) mass is 328 g/mol. The summed E-state index contributed by atoms with van der Waals surface area (Å²) in [7, 11) is 0. The maximum atomic E-state index is 13.8. The lowest BCUT2D eigenvalue weighted by atomic mass is 10.0. The molecule has 0 amide bonds. The van der Waals surface area contributed by atoms with Gasteiger partial charge < -0.3 is 5.32 Å². The second kappa shape index (κ2) is 6.82. The summed E-state index contributed by atoms with van der Waals surface area (Å²) in [6.45, 7) is 7.08. The second-order valence-corrected chi connectivity index (χ2v) is 6.32. The Bertz CT molecular complexity index is 425. The van der Waals surface area contributed by atoms with Crippen LogP contribution in [-0.2, 0) is 6.54 Å². The molecule has 1 heterocycles. The highest BCUT2D eigenvalue weighted by atomic mass is 79.9. The summed E-state index contributed by atoms with van der Waals surface area (Å²) in [5.41, 5.74) is 0.776. The van der Waals surface area contributed by atoms with E-state index >= 15 is 0 Å². The van der Waals surface area contributed by atoms with Crippen molar-refractivity contribution in [2.45, 2.75) is 45.3 Å². The molecular weight excluding hydrogens is 307 g/mol. The summed E-state index contributed by atoms with van der Waals surface area (Å²) in [4.78, 5) is 2.38. The Morgan fingerprint density at radius 3 is 3.00 bits per heavy atom. The van der Waals surface area contributed by atoms with Gasteiger partial charge >= 0.3 is 0 Å². The summed E-state index contributed by atoms with van der Waals surface area (Å²) >= 11 is 3.42. The highest BCUT2D eigenvalue weighted by Crippen LogP contribution is 2.20. The van der Waals surface area contributed by atoms with Crippen LogP contribution in [0.1, 0.15) is 32.3 Å². The first kappa shape index (κ1) is 14.9. The third-order valence-corrected chi connectivity index (χ3v) is 4.29. The van der Waals surface area contributed by atoms with Crippen LogP contribution in [-0.4, -0.2) is 30.1 Å². The largest absolute Gasteiger partial charge is 0.311 e. The molecule has 0 aromatic heterocycles. The van der Waals surface area contributed by atoms with Crippen LogP contribution in [0.4, 0.5) is 4.39 Å². The zero-order valence-corrected chi connectivity index (χ0v) is 13.2. The summed E-state index contributed by atoms with van der Waals surface area (Å²) in [6, 6.07) is 6.16. The zero-order chi connectivity index (χ0) is 13.8. The molecule has 0 saturated carbocycles. The molecule has 0 aliphatic carbocycles. The smallest absolute Gasteiger partial charge is 0.127 e. The van der Waals surface area contributed by atoms with Crippen LogP contribution in [0.2, 0.25) is 0 Å². The molecule has 1 saturated heterocycles. The van der Waals surface area contributed by atoms with Gasteiger partial charge in [-0.2, -0.15) is 0 Å². The highest BCUT2D eigenvalue weighted by molar-refractivity contribution is 9.10. The van der Waals surface area contributed by atoms with E-state index in [2.05, 4.69) is 40.0 Å². The molecule has 1 aromatic rings. The molecule has 1 aliphatic heterocycles. The van der Waals surface area contributed by atoms with Crippen LogP contribution in [0.5, 0.6) is 0 Å². The van der Waals surface area contributed by atoms with Crippen LogP contribution in [0.15, 0.2) is 22.7 Å². The lowest BCUT2D eigenvalue weighted by Crippen LogP contribution is -2.54. The van der Waals surface area contributed by atoms with Crippen LogP contribution in [0.3, 0.4) is 0 Å². The number of piperazine rings is 1. The number of nitrogens with zero attached hydrogens (tertiary/aromatic N) is 1. The second-order valence-electron chi connectivity index (χ2n) is 5.41. The van der Waals surface area contributed by atoms with E-state index in [-0.39, 0.29) is 5.82 Å². The van der Waals surface area contributed by atoms with Crippen LogP contribution >= 0.6 is 15.9 Å². The Balaban J connectivity index is 2.05. The van der Waals surface area contributed by atoms with Crippen LogP contribution in [0.25, 0.3) is 0 Å². The molecule has 1 fully saturated rings. The zero-order valence-electron chi connectivity index (χ0n) is 11.6. The van der Waals surface area contributed by atoms with Gasteiger partial charge in [0, 0.05) is 41.8 Å². The molecule has 2 atom stereocenters. The fourth-order valence-corrected chi connectivity index (χ4v) is 3.05. The van der Waals surface area contributed by atoms with Gasteiger partial charge in [-0.15, -0.1) is 0 Å². The van der Waals surface area contributed by atoms with Gasteiger partial charge in [-0.05, 0) is 31.5 Å². The molecule has 0 spiro atoms. The molecule has 4 heteroatoms. The van der Waals surface area contributed by atoms with E-state index in [0.29, 0.717) is 18.6 Å². The predicted molar refractivity (Wildman–Crippen MR) is 80.7 cm³/mol. The number of benzene rings is 1. The van der Waals surface area contributed by atoms with Crippen molar-refractivity contribution in [2.24, 2.45) is 0 Å². The van der Waals surface area contributed by atoms with E-state index in [1.54, 1.807) is 6.07 Å². The van der Waals surface area contributed by atoms with Crippen molar-refractivity contribution in [1.82, 2.24) is 10.2 Å². The number of hydrogen-bond acceptors (Lipinski definition) is 2. The minimum Gasteiger partial charge on any atom is -0.311 e. The molecule has 2 unspecified atom stereocenters. The molecule has 106 valence electrons. The molecule has 1 aliphatic rings. The van der Waals surface area contributed by atoms with E-state index in [0.717, 1.165) is 23.1 Å². The normalized spacial score (nSPS) is 24.6. The molecule has 19 heavy (non-hydrogen) atoms. The van der Waals surface area contributed by atoms with E-state index in [9.17, 15) is 4.39 Å². The molecule has 1 aromatic carbocycles. The van der Waals surface area contributed by atoms with Crippen molar-refractivity contribution in [3.63, 3.8) is 0 Å². The molecule has 2 rings (SSSR count). The number of hydrogen-bond donors (Lipinski definition) is 1. The Kier molecular flexibility index (Phi) is 5.37. The average Bonchev–Trinajstić information content (AvgIpc) is 2.38. The lowest BCUT2D eigenvalue weighted by molar-refractivity contribution is 0.128. The van der Waals surface area contributed by atoms with Crippen LogP contribution < -0.4 is 5.32 Å². The van der Waals surface area contributed by atoms with Gasteiger partial charge in [-0.25, -0.2) is 4.39 Å². The quantitative estimate of drug-likeness (QED) is 0.909. The van der Waals surface area contributed by atoms with Crippen molar-refractivity contribution >= 4 is 15.9 Å². The standard InChI is InChI=1S/C15H22BrFN2/c1-3-4-14-10-19(11(2)8-18-14)9-12-7-13(16)5-6-15(12)17/h5-7,11,14,18H,3-4,8-10H2,1-2H3. The lowest BCUT2D eigenvalue weighted by Gasteiger charge is -2.39. The minimum absolute atomic E-state index is 0.110. The Hall–Kier alpha value is -0.450. The fourth-order valence-electron chi connectivity index (χ4n) is 2.64. The number of rotatable bonds is 4. The van der Waals surface area contributed by atoms with Gasteiger partial charge in [0.2, 0.25) is 0 Å². The first-order valence-electron chi connectivity index (χ1n) is 7.01. The third kappa shape index (κ3) is 4.01. The van der Waals surface area contributed by atoms with E-state index < -0.39 is 0 Å². The Morgan fingerprint density at radius 2 is 2.26 bits per heavy atom. The van der Waals surface area contributed by atoms with Gasteiger partial charge in [0.1, 0.15) is 5.82 Å². The van der Waals surface area contributed by atoms with Crippen LogP contribution in [0, 0.1) is 5.82 Å². The van der Waals surface area contributed by atoms with Crippen molar-refractivity contribution in [2.75, 3.05) is 13.1 Å². The number of halogens is 2. The summed E-state index contributed by atoms with van der Waals surface area (Å²) in [5.74, 6) is -0.110. The van der Waals surface area contributed by atoms with Crippen molar-refractivity contribution in [1.29, 1.82) is 0 Å². The topological polar surface area (TPSA) is 15.3 Å². The summed E-state index contributed by atoms with van der Waals surface area (Å²) in [6.07, 6.45) is 2.37. The first-order valence-corrected chi connectivity index (χ1v) is 7.80. The number of nitrogens with one attached hydrogen (secondary N) is 1. The summed E-state index contributed by atoms with van der Waals surface area (Å²) < 4.78 is 14.8. The Morgan fingerprint density at radius 1 is 1.47 bits per heavy atom. The third-order valence-electron chi connectivity index (χ3n) is 3.80. The van der Waals surface area contributed by atoms with Crippen molar-refractivity contribution in [3.05, 3.63) is 34.1 Å². The van der Waals surface area contributed by atoms with Gasteiger partial charge in [0.15, 0.2) is 0 Å². The summed E-state index contributed by atoms with van der Waals surface area (Å²) in [5, 5.41) is 3.57. The highest BCUT2D eigenvalue weighted by Gasteiger charge is 2.24.